The van der Waals surface area contributed by atoms with Gasteiger partial charge in [-0.05, 0) is 44.6 Å². The van der Waals surface area contributed by atoms with Crippen molar-refractivity contribution in [1.29, 1.82) is 0 Å². The molecule has 17 heavy (non-hydrogen) atoms. The van der Waals surface area contributed by atoms with Gasteiger partial charge in [0, 0.05) is 33.3 Å². The predicted octanol–water partition coefficient (Wildman–Crippen LogP) is 2.45. The lowest BCUT2D eigenvalue weighted by Crippen LogP contribution is -2.28. The Morgan fingerprint density at radius 3 is 2.94 bits per heavy atom. The Morgan fingerprint density at radius 1 is 1.53 bits per heavy atom. The second-order valence-corrected chi connectivity index (χ2v) is 5.31. The fourth-order valence-electron chi connectivity index (χ4n) is 1.36. The molecule has 1 fully saturated rings. The molecular formula is C11H10IN3OS. The van der Waals surface area contributed by atoms with Crippen LogP contribution in [0.5, 0.6) is 0 Å². The molecule has 1 aromatic heterocycles. The van der Waals surface area contributed by atoms with Crippen LogP contribution in [0, 0.1) is 11.2 Å². The largest absolute Gasteiger partial charge is 0.315 e. The zero-order valence-corrected chi connectivity index (χ0v) is 11.8. The Morgan fingerprint density at radius 2 is 2.35 bits per heavy atom. The molecule has 0 saturated heterocycles. The molecule has 0 unspecified atom stereocenters. The van der Waals surface area contributed by atoms with E-state index in [0.717, 1.165) is 0 Å². The van der Waals surface area contributed by atoms with Gasteiger partial charge in [-0.2, -0.15) is 0 Å². The summed E-state index contributed by atoms with van der Waals surface area (Å²) in [6, 6.07) is 3.89. The van der Waals surface area contributed by atoms with E-state index in [4.69, 9.17) is 0 Å². The van der Waals surface area contributed by atoms with Gasteiger partial charge in [0.1, 0.15) is 5.82 Å². The standard InChI is InChI=1S/C11H10IN3OS/c12-17-6-5-11(16)15-14-10-4-3-9(7-13-10)8-1-2-8/h3-4,7-8H,1-2H2,(H,13,14)(H,15,16). The first-order valence-corrected chi connectivity index (χ1v) is 8.46. The van der Waals surface area contributed by atoms with E-state index in [9.17, 15) is 4.79 Å². The smallest absolute Gasteiger partial charge is 0.281 e. The van der Waals surface area contributed by atoms with Crippen molar-refractivity contribution in [2.24, 2.45) is 0 Å². The number of amides is 1. The number of carbonyl (C=O) groups excluding carboxylic acids is 1. The number of halogens is 1. The SMILES string of the molecule is O=C(C#CSI)NNc1ccc(C2CC2)cn1. The van der Waals surface area contributed by atoms with Gasteiger partial charge in [-0.25, -0.2) is 4.98 Å². The highest BCUT2D eigenvalue weighted by Gasteiger charge is 2.23. The number of hydrogen-bond donors (Lipinski definition) is 2. The van der Waals surface area contributed by atoms with Gasteiger partial charge in [-0.1, -0.05) is 6.07 Å². The van der Waals surface area contributed by atoms with Crippen LogP contribution < -0.4 is 10.9 Å². The molecule has 4 nitrogen and oxygen atoms in total. The molecule has 0 bridgehead atoms. The highest BCUT2D eigenvalue weighted by atomic mass is 127. The number of anilines is 1. The molecule has 1 saturated carbocycles. The van der Waals surface area contributed by atoms with Gasteiger partial charge < -0.3 is 0 Å². The zero-order chi connectivity index (χ0) is 12.1. The Bertz CT molecular complexity index is 462. The molecular weight excluding hydrogens is 349 g/mol. The van der Waals surface area contributed by atoms with Gasteiger partial charge in [-0.15, -0.1) is 0 Å². The van der Waals surface area contributed by atoms with Crippen LogP contribution in [0.4, 0.5) is 5.82 Å². The third-order valence-corrected chi connectivity index (χ3v) is 3.18. The molecule has 1 aromatic rings. The monoisotopic (exact) mass is 359 g/mol. The average Bonchev–Trinajstić information content (AvgIpc) is 3.19. The molecule has 1 amide bonds. The van der Waals surface area contributed by atoms with Crippen molar-refractivity contribution in [2.75, 3.05) is 5.43 Å². The topological polar surface area (TPSA) is 54.0 Å². The third kappa shape index (κ3) is 4.09. The molecule has 0 spiro atoms. The van der Waals surface area contributed by atoms with E-state index in [1.165, 1.54) is 27.3 Å². The van der Waals surface area contributed by atoms with Crippen LogP contribution in [0.1, 0.15) is 24.3 Å². The summed E-state index contributed by atoms with van der Waals surface area (Å²) < 4.78 is 0. The molecule has 0 atom stereocenters. The number of pyridine rings is 1. The normalized spacial score (nSPS) is 13.5. The summed E-state index contributed by atoms with van der Waals surface area (Å²) in [6.45, 7) is 0. The maximum absolute atomic E-state index is 11.2. The van der Waals surface area contributed by atoms with Crippen LogP contribution in [0.2, 0.25) is 0 Å². The fourth-order valence-corrected chi connectivity index (χ4v) is 1.82. The van der Waals surface area contributed by atoms with E-state index >= 15 is 0 Å². The minimum absolute atomic E-state index is 0.373. The number of hydrazine groups is 1. The average molecular weight is 359 g/mol. The Hall–Kier alpha value is -0.940. The van der Waals surface area contributed by atoms with E-state index in [1.54, 1.807) is 0 Å². The van der Waals surface area contributed by atoms with Crippen LogP contribution >= 0.6 is 30.1 Å². The quantitative estimate of drug-likeness (QED) is 0.495. The maximum Gasteiger partial charge on any atom is 0.315 e. The van der Waals surface area contributed by atoms with Crippen molar-refractivity contribution >= 4 is 41.9 Å². The van der Waals surface area contributed by atoms with Crippen molar-refractivity contribution in [3.8, 4) is 11.2 Å². The first-order valence-electron chi connectivity index (χ1n) is 5.10. The zero-order valence-electron chi connectivity index (χ0n) is 8.87. The summed E-state index contributed by atoms with van der Waals surface area (Å²) in [5.41, 5.74) is 6.44. The molecule has 0 radical (unpaired) electrons. The lowest BCUT2D eigenvalue weighted by atomic mass is 10.2. The number of nitrogens with zero attached hydrogens (tertiary/aromatic N) is 1. The molecule has 1 aliphatic rings. The van der Waals surface area contributed by atoms with Gasteiger partial charge in [0.25, 0.3) is 0 Å². The summed E-state index contributed by atoms with van der Waals surface area (Å²) in [5, 5.41) is 2.60. The number of aromatic nitrogens is 1. The fraction of sp³-hybridized carbons (Fsp3) is 0.273. The maximum atomic E-state index is 11.2. The second-order valence-electron chi connectivity index (χ2n) is 3.63. The number of rotatable bonds is 3. The summed E-state index contributed by atoms with van der Waals surface area (Å²) >= 11 is 2.01. The molecule has 0 aliphatic heterocycles. The van der Waals surface area contributed by atoms with Crippen molar-refractivity contribution < 1.29 is 4.79 Å². The second kappa shape index (κ2) is 6.12. The lowest BCUT2D eigenvalue weighted by Gasteiger charge is -2.05. The Labute approximate surface area is 116 Å². The van der Waals surface area contributed by atoms with Crippen LogP contribution in [0.15, 0.2) is 18.3 Å². The van der Waals surface area contributed by atoms with E-state index in [1.807, 2.05) is 39.5 Å². The van der Waals surface area contributed by atoms with Gasteiger partial charge in [0.15, 0.2) is 0 Å². The summed E-state index contributed by atoms with van der Waals surface area (Å²) in [4.78, 5) is 15.4. The molecule has 88 valence electrons. The number of nitrogens with one attached hydrogen (secondary N) is 2. The van der Waals surface area contributed by atoms with Crippen LogP contribution in [-0.2, 0) is 4.79 Å². The minimum atomic E-state index is -0.373. The van der Waals surface area contributed by atoms with Gasteiger partial charge >= 0.3 is 5.91 Å². The Balaban J connectivity index is 1.84. The predicted molar refractivity (Wildman–Crippen MR) is 77.4 cm³/mol. The van der Waals surface area contributed by atoms with Crippen molar-refractivity contribution in [3.05, 3.63) is 23.9 Å². The van der Waals surface area contributed by atoms with Crippen molar-refractivity contribution in [2.45, 2.75) is 18.8 Å². The first-order chi connectivity index (χ1) is 8.29. The molecule has 6 heteroatoms. The highest BCUT2D eigenvalue weighted by molar-refractivity contribution is 14.2. The van der Waals surface area contributed by atoms with E-state index in [0.29, 0.717) is 11.7 Å². The number of hydrogen-bond acceptors (Lipinski definition) is 4. The summed E-state index contributed by atoms with van der Waals surface area (Å²) in [7, 11) is 1.27. The van der Waals surface area contributed by atoms with Gasteiger partial charge in [0.2, 0.25) is 0 Å². The van der Waals surface area contributed by atoms with Gasteiger partial charge in [0.05, 0.1) is 0 Å². The Kier molecular flexibility index (Phi) is 4.50. The van der Waals surface area contributed by atoms with E-state index < -0.39 is 0 Å². The highest BCUT2D eigenvalue weighted by Crippen LogP contribution is 2.39. The lowest BCUT2D eigenvalue weighted by molar-refractivity contribution is -0.115. The van der Waals surface area contributed by atoms with Gasteiger partial charge in [-0.3, -0.25) is 15.6 Å². The first kappa shape index (κ1) is 12.5. The minimum Gasteiger partial charge on any atom is -0.281 e. The van der Waals surface area contributed by atoms with E-state index in [2.05, 4.69) is 27.0 Å². The molecule has 2 N–H and O–H groups in total. The summed E-state index contributed by atoms with van der Waals surface area (Å²) in [6.07, 6.45) is 4.36. The third-order valence-electron chi connectivity index (χ3n) is 2.34. The molecule has 0 aromatic carbocycles. The van der Waals surface area contributed by atoms with Crippen LogP contribution in [0.25, 0.3) is 0 Å². The van der Waals surface area contributed by atoms with Crippen molar-refractivity contribution in [1.82, 2.24) is 10.4 Å². The van der Waals surface area contributed by atoms with E-state index in [-0.39, 0.29) is 5.91 Å². The molecule has 1 heterocycles. The molecule has 2 rings (SSSR count). The summed E-state index contributed by atoms with van der Waals surface area (Å²) in [5.74, 6) is 3.34. The van der Waals surface area contributed by atoms with Crippen molar-refractivity contribution in [3.63, 3.8) is 0 Å². The van der Waals surface area contributed by atoms with Crippen LogP contribution in [0.3, 0.4) is 0 Å². The number of carbonyl (C=O) groups is 1. The molecule has 1 aliphatic carbocycles. The van der Waals surface area contributed by atoms with Crippen LogP contribution in [-0.4, -0.2) is 10.9 Å².